The van der Waals surface area contributed by atoms with E-state index in [1.807, 2.05) is 12.1 Å². The Balaban J connectivity index is 1.48. The first-order valence-electron chi connectivity index (χ1n) is 9.48. The van der Waals surface area contributed by atoms with Crippen LogP contribution in [0.2, 0.25) is 0 Å². The highest BCUT2D eigenvalue weighted by Crippen LogP contribution is 2.20. The zero-order chi connectivity index (χ0) is 20.8. The van der Waals surface area contributed by atoms with Crippen LogP contribution in [0.25, 0.3) is 0 Å². The molecule has 152 valence electrons. The van der Waals surface area contributed by atoms with Crippen molar-refractivity contribution >= 4 is 33.2 Å². The summed E-state index contributed by atoms with van der Waals surface area (Å²) >= 11 is 3.45. The number of hydrogen-bond acceptors (Lipinski definition) is 5. The molecule has 0 bridgehead atoms. The Hall–Kier alpha value is -2.58. The van der Waals surface area contributed by atoms with Crippen LogP contribution in [0.4, 0.5) is 5.69 Å². The minimum atomic E-state index is -0.443. The third kappa shape index (κ3) is 5.95. The molecule has 0 atom stereocenters. The maximum Gasteiger partial charge on any atom is 0.269 e. The van der Waals surface area contributed by atoms with Gasteiger partial charge in [-0.25, -0.2) is 5.43 Å². The second-order valence-electron chi connectivity index (χ2n) is 7.15. The Morgan fingerprint density at radius 3 is 2.38 bits per heavy atom. The number of amides is 1. The molecule has 1 aliphatic rings. The Kier molecular flexibility index (Phi) is 7.11. The predicted molar refractivity (Wildman–Crippen MR) is 116 cm³/mol. The van der Waals surface area contributed by atoms with Crippen LogP contribution < -0.4 is 5.43 Å². The van der Waals surface area contributed by atoms with Crippen LogP contribution in [0.1, 0.15) is 30.9 Å². The lowest BCUT2D eigenvalue weighted by Gasteiger charge is -2.30. The summed E-state index contributed by atoms with van der Waals surface area (Å²) in [6.45, 7) is 4.40. The van der Waals surface area contributed by atoms with Crippen molar-refractivity contribution in [3.05, 3.63) is 74.2 Å². The molecule has 2 aromatic rings. The molecule has 1 amide bonds. The molecule has 2 aromatic carbocycles. The zero-order valence-electron chi connectivity index (χ0n) is 16.2. The summed E-state index contributed by atoms with van der Waals surface area (Å²) in [5, 5.41) is 14.9. The maximum absolute atomic E-state index is 12.4. The number of likely N-dealkylation sites (tertiary alicyclic amines) is 1. The molecule has 7 nitrogen and oxygen atoms in total. The van der Waals surface area contributed by atoms with Gasteiger partial charge >= 0.3 is 0 Å². The summed E-state index contributed by atoms with van der Waals surface area (Å²) in [6.07, 6.45) is 1.60. The molecule has 29 heavy (non-hydrogen) atoms. The van der Waals surface area contributed by atoms with E-state index in [1.165, 1.54) is 17.7 Å². The van der Waals surface area contributed by atoms with Gasteiger partial charge in [-0.1, -0.05) is 28.1 Å². The molecule has 1 saturated heterocycles. The van der Waals surface area contributed by atoms with Crippen molar-refractivity contribution in [1.29, 1.82) is 0 Å². The van der Waals surface area contributed by atoms with Gasteiger partial charge in [-0.2, -0.15) is 5.10 Å². The summed E-state index contributed by atoms with van der Waals surface area (Å²) < 4.78 is 1.07. The highest BCUT2D eigenvalue weighted by Gasteiger charge is 2.24. The van der Waals surface area contributed by atoms with Crippen LogP contribution in [0, 0.1) is 16.0 Å². The average molecular weight is 459 g/mol. The van der Waals surface area contributed by atoms with Crippen LogP contribution in [0.3, 0.4) is 0 Å². The fraction of sp³-hybridized carbons (Fsp3) is 0.333. The minimum Gasteiger partial charge on any atom is -0.299 e. The molecule has 0 aliphatic carbocycles. The van der Waals surface area contributed by atoms with Crippen molar-refractivity contribution in [2.75, 3.05) is 13.1 Å². The van der Waals surface area contributed by atoms with Gasteiger partial charge in [-0.3, -0.25) is 19.8 Å². The van der Waals surface area contributed by atoms with E-state index in [0.717, 1.165) is 42.5 Å². The van der Waals surface area contributed by atoms with E-state index < -0.39 is 4.92 Å². The van der Waals surface area contributed by atoms with Crippen LogP contribution in [0.15, 0.2) is 58.1 Å². The summed E-state index contributed by atoms with van der Waals surface area (Å²) in [5.41, 5.74) is 5.29. The average Bonchev–Trinajstić information content (AvgIpc) is 2.74. The van der Waals surface area contributed by atoms with Gasteiger partial charge in [0.15, 0.2) is 0 Å². The predicted octanol–water partition coefficient (Wildman–Crippen LogP) is 4.11. The first kappa shape index (κ1) is 21.1. The number of non-ortho nitro benzene ring substituents is 1. The fourth-order valence-electron chi connectivity index (χ4n) is 3.32. The molecular formula is C21H23BrN4O3. The second-order valence-corrected chi connectivity index (χ2v) is 8.07. The number of piperidine rings is 1. The van der Waals surface area contributed by atoms with Gasteiger partial charge in [0.05, 0.1) is 10.6 Å². The van der Waals surface area contributed by atoms with E-state index in [-0.39, 0.29) is 17.5 Å². The van der Waals surface area contributed by atoms with Gasteiger partial charge in [0.2, 0.25) is 5.91 Å². The molecule has 1 aliphatic heterocycles. The number of nitro benzene ring substituents is 1. The quantitative estimate of drug-likeness (QED) is 0.400. The molecule has 0 aromatic heterocycles. The molecule has 8 heteroatoms. The van der Waals surface area contributed by atoms with Crippen molar-refractivity contribution in [3.8, 4) is 0 Å². The molecule has 0 spiro atoms. The summed E-state index contributed by atoms with van der Waals surface area (Å²) in [5.74, 6) is -0.126. The highest BCUT2D eigenvalue weighted by atomic mass is 79.9. The van der Waals surface area contributed by atoms with Gasteiger partial charge in [0.1, 0.15) is 0 Å². The Bertz CT molecular complexity index is 889. The van der Waals surface area contributed by atoms with E-state index in [9.17, 15) is 14.9 Å². The van der Waals surface area contributed by atoms with E-state index in [0.29, 0.717) is 5.71 Å². The zero-order valence-corrected chi connectivity index (χ0v) is 17.8. The maximum atomic E-state index is 12.4. The van der Waals surface area contributed by atoms with E-state index in [2.05, 4.69) is 43.5 Å². The summed E-state index contributed by atoms with van der Waals surface area (Å²) in [7, 11) is 0. The van der Waals surface area contributed by atoms with E-state index >= 15 is 0 Å². The minimum absolute atomic E-state index is 0.0282. The summed E-state index contributed by atoms with van der Waals surface area (Å²) in [6, 6.07) is 14.4. The molecule has 1 heterocycles. The van der Waals surface area contributed by atoms with Crippen molar-refractivity contribution in [2.45, 2.75) is 26.3 Å². The normalized spacial score (nSPS) is 15.9. The number of hydrazone groups is 1. The van der Waals surface area contributed by atoms with Crippen LogP contribution in [0.5, 0.6) is 0 Å². The van der Waals surface area contributed by atoms with Crippen molar-refractivity contribution < 1.29 is 9.72 Å². The first-order valence-corrected chi connectivity index (χ1v) is 10.3. The molecule has 0 unspecified atom stereocenters. The fourth-order valence-corrected chi connectivity index (χ4v) is 3.58. The number of nitrogens with zero attached hydrogens (tertiary/aromatic N) is 3. The molecule has 1 fully saturated rings. The number of nitrogens with one attached hydrogen (secondary N) is 1. The Morgan fingerprint density at radius 1 is 1.17 bits per heavy atom. The topological polar surface area (TPSA) is 87.8 Å². The van der Waals surface area contributed by atoms with Crippen molar-refractivity contribution in [2.24, 2.45) is 11.0 Å². The van der Waals surface area contributed by atoms with E-state index in [1.54, 1.807) is 19.1 Å². The Morgan fingerprint density at radius 2 is 1.79 bits per heavy atom. The number of carbonyl (C=O) groups excluding carboxylic acids is 1. The number of rotatable bonds is 6. The molecule has 0 radical (unpaired) electrons. The summed E-state index contributed by atoms with van der Waals surface area (Å²) in [4.78, 5) is 25.1. The van der Waals surface area contributed by atoms with Crippen molar-refractivity contribution in [3.63, 3.8) is 0 Å². The largest absolute Gasteiger partial charge is 0.299 e. The monoisotopic (exact) mass is 458 g/mol. The first-order chi connectivity index (χ1) is 13.9. The Labute approximate surface area is 178 Å². The number of nitro groups is 1. The third-order valence-corrected chi connectivity index (χ3v) is 5.64. The van der Waals surface area contributed by atoms with Gasteiger partial charge in [0.25, 0.3) is 5.69 Å². The molecule has 0 saturated carbocycles. The second kappa shape index (κ2) is 9.76. The number of halogens is 1. The van der Waals surface area contributed by atoms with Crippen LogP contribution in [-0.2, 0) is 11.3 Å². The van der Waals surface area contributed by atoms with Crippen LogP contribution in [-0.4, -0.2) is 34.5 Å². The lowest BCUT2D eigenvalue weighted by atomic mass is 9.96. The van der Waals surface area contributed by atoms with Gasteiger partial charge in [0, 0.05) is 29.1 Å². The van der Waals surface area contributed by atoms with E-state index in [4.69, 9.17) is 0 Å². The molecule has 3 rings (SSSR count). The van der Waals surface area contributed by atoms with Gasteiger partial charge in [-0.15, -0.1) is 0 Å². The standard InChI is InChI=1S/C21H23BrN4O3/c1-15(17-4-8-20(9-5-17)26(28)29)23-24-21(27)18-10-12-25(13-11-18)14-16-2-6-19(22)7-3-16/h2-9,18H,10-14H2,1H3,(H,24,27)/b23-15+. The number of benzene rings is 2. The van der Waals surface area contributed by atoms with Crippen LogP contribution >= 0.6 is 15.9 Å². The third-order valence-electron chi connectivity index (χ3n) is 5.11. The van der Waals surface area contributed by atoms with Gasteiger partial charge in [-0.05, 0) is 68.2 Å². The van der Waals surface area contributed by atoms with Crippen molar-refractivity contribution in [1.82, 2.24) is 10.3 Å². The lowest BCUT2D eigenvalue weighted by Crippen LogP contribution is -2.39. The number of carbonyl (C=O) groups is 1. The highest BCUT2D eigenvalue weighted by molar-refractivity contribution is 9.10. The smallest absolute Gasteiger partial charge is 0.269 e. The molecule has 1 N–H and O–H groups in total. The molecular weight excluding hydrogens is 436 g/mol. The lowest BCUT2D eigenvalue weighted by molar-refractivity contribution is -0.384. The van der Waals surface area contributed by atoms with Gasteiger partial charge < -0.3 is 0 Å². The number of hydrogen-bond donors (Lipinski definition) is 1. The SMILES string of the molecule is C/C(=N\NC(=O)C1CCN(Cc2ccc(Br)cc2)CC1)c1ccc([N+](=O)[O-])cc1.